The zero-order chi connectivity index (χ0) is 11.4. The van der Waals surface area contributed by atoms with Gasteiger partial charge >= 0.3 is 0 Å². The minimum Gasteiger partial charge on any atom is -0.393 e. The van der Waals surface area contributed by atoms with Crippen molar-refractivity contribution in [1.82, 2.24) is 0 Å². The standard InChI is InChI=1S/C9H6Cl2N2O2/c10-3-1-2-6-4-9(13(14)15)8(12)5-7(6)11/h4-5H,3,12H2. The molecule has 6 heteroatoms. The highest BCUT2D eigenvalue weighted by molar-refractivity contribution is 6.32. The summed E-state index contributed by atoms with van der Waals surface area (Å²) in [4.78, 5) is 9.98. The largest absolute Gasteiger partial charge is 0.393 e. The molecular weight excluding hydrogens is 239 g/mol. The molecule has 0 aliphatic rings. The average Bonchev–Trinajstić information content (AvgIpc) is 2.16. The number of anilines is 1. The third kappa shape index (κ3) is 2.75. The molecule has 0 aliphatic heterocycles. The Balaban J connectivity index is 3.29. The molecule has 78 valence electrons. The molecule has 0 fully saturated rings. The van der Waals surface area contributed by atoms with E-state index >= 15 is 0 Å². The van der Waals surface area contributed by atoms with Crippen molar-refractivity contribution in [3.05, 3.63) is 32.8 Å². The molecule has 0 atom stereocenters. The van der Waals surface area contributed by atoms with E-state index in [1.807, 2.05) is 0 Å². The molecular formula is C9H6Cl2N2O2. The van der Waals surface area contributed by atoms with E-state index in [9.17, 15) is 10.1 Å². The Morgan fingerprint density at radius 2 is 2.20 bits per heavy atom. The molecule has 0 bridgehead atoms. The first-order valence-electron chi connectivity index (χ1n) is 3.84. The maximum atomic E-state index is 10.6. The number of benzene rings is 1. The highest BCUT2D eigenvalue weighted by Gasteiger charge is 2.14. The minimum atomic E-state index is -0.586. The number of alkyl halides is 1. The summed E-state index contributed by atoms with van der Waals surface area (Å²) in [5.41, 5.74) is 5.57. The van der Waals surface area contributed by atoms with Gasteiger partial charge < -0.3 is 5.73 Å². The van der Waals surface area contributed by atoms with E-state index in [1.165, 1.54) is 12.1 Å². The highest BCUT2D eigenvalue weighted by Crippen LogP contribution is 2.28. The lowest BCUT2D eigenvalue weighted by Gasteiger charge is -2.00. The van der Waals surface area contributed by atoms with Gasteiger partial charge in [0.15, 0.2) is 0 Å². The Bertz CT molecular complexity index is 463. The zero-order valence-corrected chi connectivity index (χ0v) is 8.97. The molecule has 0 heterocycles. The van der Waals surface area contributed by atoms with Crippen LogP contribution in [0.15, 0.2) is 12.1 Å². The summed E-state index contributed by atoms with van der Waals surface area (Å²) in [6.45, 7) is 0. The second-order valence-corrected chi connectivity index (χ2v) is 3.26. The van der Waals surface area contributed by atoms with E-state index in [4.69, 9.17) is 28.9 Å². The normalized spacial score (nSPS) is 9.20. The van der Waals surface area contributed by atoms with Crippen LogP contribution in [-0.4, -0.2) is 10.8 Å². The quantitative estimate of drug-likeness (QED) is 0.271. The predicted octanol–water partition coefficient (Wildman–Crippen LogP) is 2.42. The smallest absolute Gasteiger partial charge is 0.293 e. The lowest BCUT2D eigenvalue weighted by atomic mass is 10.2. The van der Waals surface area contributed by atoms with Crippen LogP contribution in [0.3, 0.4) is 0 Å². The first-order chi connectivity index (χ1) is 7.06. The second kappa shape index (κ2) is 4.87. The number of nitro groups is 1. The fourth-order valence-corrected chi connectivity index (χ4v) is 1.25. The molecule has 0 radical (unpaired) electrons. The molecule has 0 saturated carbocycles. The number of nitro benzene ring substituents is 1. The molecule has 1 rings (SSSR count). The van der Waals surface area contributed by atoms with Crippen molar-refractivity contribution in [1.29, 1.82) is 0 Å². The van der Waals surface area contributed by atoms with Crippen LogP contribution in [-0.2, 0) is 0 Å². The fourth-order valence-electron chi connectivity index (χ4n) is 0.960. The van der Waals surface area contributed by atoms with Crippen LogP contribution in [0.2, 0.25) is 5.02 Å². The van der Waals surface area contributed by atoms with Crippen molar-refractivity contribution in [2.75, 3.05) is 11.6 Å². The number of rotatable bonds is 1. The molecule has 0 spiro atoms. The number of nitrogens with zero attached hydrogens (tertiary/aromatic N) is 1. The van der Waals surface area contributed by atoms with Crippen LogP contribution in [0.1, 0.15) is 5.56 Å². The molecule has 0 unspecified atom stereocenters. The number of hydrogen-bond donors (Lipinski definition) is 1. The molecule has 0 aromatic heterocycles. The van der Waals surface area contributed by atoms with Gasteiger partial charge in [0.1, 0.15) is 5.69 Å². The SMILES string of the molecule is Nc1cc(Cl)c(C#CCCl)cc1[N+](=O)[O-]. The van der Waals surface area contributed by atoms with E-state index in [0.717, 1.165) is 0 Å². The van der Waals surface area contributed by atoms with E-state index in [-0.39, 0.29) is 22.3 Å². The van der Waals surface area contributed by atoms with Crippen molar-refractivity contribution >= 4 is 34.6 Å². The van der Waals surface area contributed by atoms with E-state index < -0.39 is 4.92 Å². The molecule has 1 aromatic rings. The molecule has 0 amide bonds. The third-order valence-corrected chi connectivity index (χ3v) is 2.05. The lowest BCUT2D eigenvalue weighted by Crippen LogP contribution is -1.96. The number of nitrogens with two attached hydrogens (primary N) is 1. The van der Waals surface area contributed by atoms with Crippen LogP contribution in [0.5, 0.6) is 0 Å². The molecule has 15 heavy (non-hydrogen) atoms. The highest BCUT2D eigenvalue weighted by atomic mass is 35.5. The average molecular weight is 245 g/mol. The van der Waals surface area contributed by atoms with Gasteiger partial charge in [0.2, 0.25) is 0 Å². The summed E-state index contributed by atoms with van der Waals surface area (Å²) in [6.07, 6.45) is 0. The Labute approximate surface area is 96.1 Å². The van der Waals surface area contributed by atoms with E-state index in [0.29, 0.717) is 5.56 Å². The Hall–Kier alpha value is -1.44. The number of nitrogen functional groups attached to an aromatic ring is 1. The summed E-state index contributed by atoms with van der Waals surface area (Å²) < 4.78 is 0. The Morgan fingerprint density at radius 1 is 1.53 bits per heavy atom. The fraction of sp³-hybridized carbons (Fsp3) is 0.111. The van der Waals surface area contributed by atoms with Gasteiger partial charge in [-0.1, -0.05) is 23.4 Å². The van der Waals surface area contributed by atoms with Gasteiger partial charge in [0.05, 0.1) is 21.4 Å². The summed E-state index contributed by atoms with van der Waals surface area (Å²) in [6, 6.07) is 2.54. The Kier molecular flexibility index (Phi) is 3.78. The van der Waals surface area contributed by atoms with Crippen molar-refractivity contribution in [3.8, 4) is 11.8 Å². The molecule has 1 aromatic carbocycles. The van der Waals surface area contributed by atoms with Gasteiger partial charge in [-0.15, -0.1) is 11.6 Å². The first kappa shape index (κ1) is 11.6. The number of hydrogen-bond acceptors (Lipinski definition) is 3. The van der Waals surface area contributed by atoms with Gasteiger partial charge in [-0.05, 0) is 6.07 Å². The maximum absolute atomic E-state index is 10.6. The summed E-state index contributed by atoms with van der Waals surface area (Å²) >= 11 is 11.2. The lowest BCUT2D eigenvalue weighted by molar-refractivity contribution is -0.383. The van der Waals surface area contributed by atoms with Crippen molar-refractivity contribution < 1.29 is 4.92 Å². The topological polar surface area (TPSA) is 69.2 Å². The maximum Gasteiger partial charge on any atom is 0.293 e. The second-order valence-electron chi connectivity index (χ2n) is 2.58. The van der Waals surface area contributed by atoms with Crippen molar-refractivity contribution in [2.45, 2.75) is 0 Å². The van der Waals surface area contributed by atoms with Crippen LogP contribution in [0.4, 0.5) is 11.4 Å². The monoisotopic (exact) mass is 244 g/mol. The van der Waals surface area contributed by atoms with Crippen LogP contribution >= 0.6 is 23.2 Å². The van der Waals surface area contributed by atoms with Gasteiger partial charge in [-0.25, -0.2) is 0 Å². The van der Waals surface area contributed by atoms with E-state index in [1.54, 1.807) is 0 Å². The third-order valence-electron chi connectivity index (χ3n) is 1.60. The predicted molar refractivity (Wildman–Crippen MR) is 60.1 cm³/mol. The molecule has 4 nitrogen and oxygen atoms in total. The number of halogens is 2. The van der Waals surface area contributed by atoms with Crippen LogP contribution in [0.25, 0.3) is 0 Å². The summed E-state index contributed by atoms with van der Waals surface area (Å²) in [7, 11) is 0. The van der Waals surface area contributed by atoms with Crippen molar-refractivity contribution in [2.24, 2.45) is 0 Å². The Morgan fingerprint density at radius 3 is 2.73 bits per heavy atom. The van der Waals surface area contributed by atoms with Gasteiger partial charge in [0, 0.05) is 6.07 Å². The van der Waals surface area contributed by atoms with E-state index in [2.05, 4.69) is 11.8 Å². The summed E-state index contributed by atoms with van der Waals surface area (Å²) in [5, 5.41) is 10.8. The van der Waals surface area contributed by atoms with Crippen molar-refractivity contribution in [3.63, 3.8) is 0 Å². The zero-order valence-electron chi connectivity index (χ0n) is 7.46. The van der Waals surface area contributed by atoms with Gasteiger partial charge in [-0.2, -0.15) is 0 Å². The molecule has 2 N–H and O–H groups in total. The molecule has 0 aliphatic carbocycles. The van der Waals surface area contributed by atoms with Gasteiger partial charge in [0.25, 0.3) is 5.69 Å². The van der Waals surface area contributed by atoms with Gasteiger partial charge in [-0.3, -0.25) is 10.1 Å². The summed E-state index contributed by atoms with van der Waals surface area (Å²) in [5.74, 6) is 5.30. The van der Waals surface area contributed by atoms with Crippen LogP contribution < -0.4 is 5.73 Å². The minimum absolute atomic E-state index is 0.0152. The molecule has 0 saturated heterocycles. The van der Waals surface area contributed by atoms with Crippen LogP contribution in [0, 0.1) is 22.0 Å². The first-order valence-corrected chi connectivity index (χ1v) is 4.75.